The number of hydrogen-bond acceptors (Lipinski definition) is 5. The summed E-state index contributed by atoms with van der Waals surface area (Å²) in [6.45, 7) is 14.8. The molecule has 34 heavy (non-hydrogen) atoms. The van der Waals surface area contributed by atoms with Gasteiger partial charge in [-0.15, -0.1) is 0 Å². The molecule has 0 spiro atoms. The Labute approximate surface area is 203 Å². The lowest BCUT2D eigenvalue weighted by molar-refractivity contribution is -0.384. The van der Waals surface area contributed by atoms with E-state index in [4.69, 9.17) is 0 Å². The molecule has 1 aliphatic heterocycles. The van der Waals surface area contributed by atoms with Gasteiger partial charge in [-0.25, -0.2) is 0 Å². The monoisotopic (exact) mass is 466 g/mol. The lowest BCUT2D eigenvalue weighted by Crippen LogP contribution is -2.39. The SMILES string of the molecule is C[C@H]1C[C@H](C)CN(CCCNc2ccc(C(=O)Nc3ccc(C(C)(C)C)cc3)cc2[N+](=O)[O-])C1. The number of carbonyl (C=O) groups excluding carboxylic acids is 1. The number of hydrogen-bond donors (Lipinski definition) is 2. The van der Waals surface area contributed by atoms with Crippen molar-refractivity contribution >= 4 is 23.0 Å². The molecule has 0 unspecified atom stereocenters. The normalized spacial score (nSPS) is 19.0. The van der Waals surface area contributed by atoms with E-state index in [9.17, 15) is 14.9 Å². The van der Waals surface area contributed by atoms with Crippen LogP contribution in [0.1, 0.15) is 63.4 Å². The van der Waals surface area contributed by atoms with Gasteiger partial charge in [0.2, 0.25) is 0 Å². The first-order valence-electron chi connectivity index (χ1n) is 12.2. The minimum absolute atomic E-state index is 0.0244. The summed E-state index contributed by atoms with van der Waals surface area (Å²) in [5.74, 6) is 1.06. The summed E-state index contributed by atoms with van der Waals surface area (Å²) < 4.78 is 0. The van der Waals surface area contributed by atoms with E-state index in [1.807, 2.05) is 24.3 Å². The van der Waals surface area contributed by atoms with E-state index in [0.29, 0.717) is 29.8 Å². The number of nitro groups is 1. The van der Waals surface area contributed by atoms with E-state index in [1.54, 1.807) is 12.1 Å². The van der Waals surface area contributed by atoms with Crippen LogP contribution < -0.4 is 10.6 Å². The minimum atomic E-state index is -0.439. The fourth-order valence-corrected chi connectivity index (χ4v) is 4.73. The number of amides is 1. The topological polar surface area (TPSA) is 87.5 Å². The highest BCUT2D eigenvalue weighted by Gasteiger charge is 2.22. The van der Waals surface area contributed by atoms with E-state index in [-0.39, 0.29) is 22.6 Å². The van der Waals surface area contributed by atoms with Crippen LogP contribution in [0.4, 0.5) is 17.1 Å². The van der Waals surface area contributed by atoms with E-state index >= 15 is 0 Å². The third kappa shape index (κ3) is 7.03. The summed E-state index contributed by atoms with van der Waals surface area (Å²) in [6.07, 6.45) is 2.19. The van der Waals surface area contributed by atoms with Gasteiger partial charge in [0.25, 0.3) is 11.6 Å². The zero-order chi connectivity index (χ0) is 24.9. The Morgan fingerprint density at radius 1 is 1.09 bits per heavy atom. The number of nitrogens with one attached hydrogen (secondary N) is 2. The van der Waals surface area contributed by atoms with Gasteiger partial charge in [-0.1, -0.05) is 46.8 Å². The Morgan fingerprint density at radius 3 is 2.32 bits per heavy atom. The first kappa shape index (κ1) is 25.7. The summed E-state index contributed by atoms with van der Waals surface area (Å²) in [5, 5.41) is 17.7. The Morgan fingerprint density at radius 2 is 1.74 bits per heavy atom. The molecule has 0 bridgehead atoms. The van der Waals surface area contributed by atoms with Crippen molar-refractivity contribution in [2.24, 2.45) is 11.8 Å². The third-order valence-electron chi connectivity index (χ3n) is 6.38. The van der Waals surface area contributed by atoms with Gasteiger partial charge < -0.3 is 15.5 Å². The lowest BCUT2D eigenvalue weighted by Gasteiger charge is -2.34. The van der Waals surface area contributed by atoms with Gasteiger partial charge in [0, 0.05) is 37.0 Å². The summed E-state index contributed by atoms with van der Waals surface area (Å²) in [6, 6.07) is 12.3. The largest absolute Gasteiger partial charge is 0.379 e. The van der Waals surface area contributed by atoms with Crippen LogP contribution in [0.15, 0.2) is 42.5 Å². The molecular weight excluding hydrogens is 428 g/mol. The number of anilines is 2. The minimum Gasteiger partial charge on any atom is -0.379 e. The van der Waals surface area contributed by atoms with Gasteiger partial charge in [-0.05, 0) is 66.5 Å². The Bertz CT molecular complexity index is 988. The number of carbonyl (C=O) groups is 1. The van der Waals surface area contributed by atoms with E-state index < -0.39 is 4.92 Å². The number of likely N-dealkylation sites (tertiary alicyclic amines) is 1. The van der Waals surface area contributed by atoms with Crippen molar-refractivity contribution in [2.75, 3.05) is 36.8 Å². The van der Waals surface area contributed by atoms with Crippen LogP contribution in [0.3, 0.4) is 0 Å². The molecule has 2 aromatic rings. The molecule has 0 aliphatic carbocycles. The average molecular weight is 467 g/mol. The van der Waals surface area contributed by atoms with Crippen LogP contribution in [0.2, 0.25) is 0 Å². The van der Waals surface area contributed by atoms with Gasteiger partial charge in [0.1, 0.15) is 5.69 Å². The van der Waals surface area contributed by atoms with E-state index in [2.05, 4.69) is 50.2 Å². The highest BCUT2D eigenvalue weighted by atomic mass is 16.6. The molecule has 1 amide bonds. The second-order valence-electron chi connectivity index (χ2n) is 10.8. The molecule has 0 aromatic heterocycles. The average Bonchev–Trinajstić information content (AvgIpc) is 2.75. The summed E-state index contributed by atoms with van der Waals surface area (Å²) in [4.78, 5) is 26.4. The van der Waals surface area contributed by atoms with Gasteiger partial charge in [0.05, 0.1) is 4.92 Å². The smallest absolute Gasteiger partial charge is 0.293 e. The summed E-state index contributed by atoms with van der Waals surface area (Å²) in [7, 11) is 0. The first-order valence-corrected chi connectivity index (χ1v) is 12.2. The molecule has 0 radical (unpaired) electrons. The predicted octanol–water partition coefficient (Wildman–Crippen LogP) is 5.92. The maximum atomic E-state index is 12.7. The van der Waals surface area contributed by atoms with E-state index in [1.165, 1.54) is 18.1 Å². The van der Waals surface area contributed by atoms with Crippen LogP contribution in [0.5, 0.6) is 0 Å². The van der Waals surface area contributed by atoms with Crippen molar-refractivity contribution in [3.63, 3.8) is 0 Å². The highest BCUT2D eigenvalue weighted by Crippen LogP contribution is 2.27. The summed E-state index contributed by atoms with van der Waals surface area (Å²) >= 11 is 0. The van der Waals surface area contributed by atoms with Crippen molar-refractivity contribution in [3.05, 3.63) is 63.7 Å². The quantitative estimate of drug-likeness (QED) is 0.286. The van der Waals surface area contributed by atoms with E-state index in [0.717, 1.165) is 26.1 Å². The van der Waals surface area contributed by atoms with Gasteiger partial charge >= 0.3 is 0 Å². The van der Waals surface area contributed by atoms with Crippen LogP contribution in [0.25, 0.3) is 0 Å². The Kier molecular flexibility index (Phi) is 8.31. The third-order valence-corrected chi connectivity index (χ3v) is 6.38. The maximum absolute atomic E-state index is 12.7. The van der Waals surface area contributed by atoms with Crippen molar-refractivity contribution in [1.82, 2.24) is 4.90 Å². The highest BCUT2D eigenvalue weighted by molar-refractivity contribution is 6.05. The van der Waals surface area contributed by atoms with Gasteiger partial charge in [0.15, 0.2) is 0 Å². The molecule has 1 aliphatic rings. The number of rotatable bonds is 8. The molecule has 1 heterocycles. The molecular formula is C27H38N4O3. The maximum Gasteiger partial charge on any atom is 0.293 e. The standard InChI is InChI=1S/C27H38N4O3/c1-19-15-20(2)18-30(17-19)14-6-13-28-24-12-7-21(16-25(24)31(33)34)26(32)29-23-10-8-22(9-11-23)27(3,4)5/h7-12,16,19-20,28H,6,13-15,17-18H2,1-5H3,(H,29,32)/t19-,20-/m0/s1. The van der Waals surface area contributed by atoms with Crippen molar-refractivity contribution < 1.29 is 9.72 Å². The van der Waals surface area contributed by atoms with Crippen LogP contribution in [0, 0.1) is 22.0 Å². The number of nitro benzene ring substituents is 1. The lowest BCUT2D eigenvalue weighted by atomic mass is 9.87. The van der Waals surface area contributed by atoms with Crippen molar-refractivity contribution in [3.8, 4) is 0 Å². The molecule has 2 aromatic carbocycles. The molecule has 1 fully saturated rings. The molecule has 184 valence electrons. The molecule has 7 nitrogen and oxygen atoms in total. The fourth-order valence-electron chi connectivity index (χ4n) is 4.73. The van der Waals surface area contributed by atoms with Crippen molar-refractivity contribution in [2.45, 2.75) is 52.9 Å². The van der Waals surface area contributed by atoms with Gasteiger partial charge in [-0.3, -0.25) is 14.9 Å². The zero-order valence-electron chi connectivity index (χ0n) is 21.1. The molecule has 3 rings (SSSR count). The molecule has 1 saturated heterocycles. The van der Waals surface area contributed by atoms with Crippen LogP contribution in [-0.4, -0.2) is 41.9 Å². The molecule has 2 N–H and O–H groups in total. The first-order chi connectivity index (χ1) is 16.0. The second kappa shape index (κ2) is 11.0. The molecule has 7 heteroatoms. The molecule has 0 saturated carbocycles. The van der Waals surface area contributed by atoms with Gasteiger partial charge in [-0.2, -0.15) is 0 Å². The Balaban J connectivity index is 1.59. The fraction of sp³-hybridized carbons (Fsp3) is 0.519. The Hall–Kier alpha value is -2.93. The van der Waals surface area contributed by atoms with Crippen molar-refractivity contribution in [1.29, 1.82) is 0 Å². The number of piperidine rings is 1. The van der Waals surface area contributed by atoms with Crippen LogP contribution >= 0.6 is 0 Å². The summed E-state index contributed by atoms with van der Waals surface area (Å²) in [5.41, 5.74) is 2.46. The number of benzene rings is 2. The van der Waals surface area contributed by atoms with Crippen LogP contribution in [-0.2, 0) is 5.41 Å². The number of nitrogens with zero attached hydrogens (tertiary/aromatic N) is 2. The molecule has 2 atom stereocenters. The second-order valence-corrected chi connectivity index (χ2v) is 10.8. The predicted molar refractivity (Wildman–Crippen MR) is 139 cm³/mol. The zero-order valence-corrected chi connectivity index (χ0v) is 21.1.